The van der Waals surface area contributed by atoms with E-state index in [1.54, 1.807) is 25.1 Å². The molecule has 1 N–H and O–H groups in total. The Balaban J connectivity index is 1.68. The molecule has 2 bridgehead atoms. The number of epoxide rings is 1. The van der Waals surface area contributed by atoms with Crippen LogP contribution < -0.4 is 4.90 Å². The summed E-state index contributed by atoms with van der Waals surface area (Å²) >= 11 is 1.45. The van der Waals surface area contributed by atoms with E-state index in [-0.39, 0.29) is 11.9 Å². The molecule has 10 heteroatoms. The fourth-order valence-corrected chi connectivity index (χ4v) is 6.64. The average molecular weight is 503 g/mol. The molecule has 3 aliphatic heterocycles. The van der Waals surface area contributed by atoms with Crippen LogP contribution in [0.1, 0.15) is 20.3 Å². The lowest BCUT2D eigenvalue weighted by molar-refractivity contribution is -0.144. The van der Waals surface area contributed by atoms with E-state index in [0.717, 1.165) is 4.90 Å². The van der Waals surface area contributed by atoms with E-state index in [0.29, 0.717) is 17.7 Å². The Morgan fingerprint density at radius 1 is 1.20 bits per heavy atom. The predicted octanol–water partition coefficient (Wildman–Crippen LogP) is 2.78. The maximum atomic E-state index is 13.2. The van der Waals surface area contributed by atoms with Gasteiger partial charge in [-0.25, -0.2) is 9.59 Å². The molecular weight excluding hydrogens is 472 g/mol. The van der Waals surface area contributed by atoms with E-state index in [4.69, 9.17) is 14.2 Å². The highest BCUT2D eigenvalue weighted by Gasteiger charge is 2.65. The molecule has 0 radical (unpaired) electrons. The lowest BCUT2D eigenvalue weighted by atomic mass is 9.79. The predicted molar refractivity (Wildman–Crippen MR) is 128 cm³/mol. The number of likely N-dealkylation sites (N-methyl/N-ethyl adjacent to an activating group) is 1. The van der Waals surface area contributed by atoms with Gasteiger partial charge in [0, 0.05) is 17.2 Å². The zero-order valence-electron chi connectivity index (χ0n) is 20.3. The van der Waals surface area contributed by atoms with Gasteiger partial charge < -0.3 is 24.2 Å². The molecular formula is C25H30N2O7S. The molecule has 8 atom stereocenters. The van der Waals surface area contributed by atoms with Crippen molar-refractivity contribution in [2.45, 2.75) is 61.2 Å². The summed E-state index contributed by atoms with van der Waals surface area (Å²) in [6.45, 7) is 3.72. The number of fused-ring (bicyclic) bond motifs is 4. The standard InChI is InChI=1S/C25H30N2O7S/c1-12-18-15-10-13(23(29)32-15)19(26(3)4)20(21-25(2,34-21)11-16(18)33-22(12)28)27(24(30)31)14-8-6-7-9-17(14)35-5/h6-10,12,15-16,18-21H,11H2,1-5H3,(H,30,31). The Kier molecular flexibility index (Phi) is 5.89. The van der Waals surface area contributed by atoms with Crippen LogP contribution in [-0.2, 0) is 23.8 Å². The highest BCUT2D eigenvalue weighted by molar-refractivity contribution is 7.98. The maximum absolute atomic E-state index is 13.2. The molecule has 1 aromatic rings. The molecule has 0 spiro atoms. The minimum Gasteiger partial charge on any atom is -0.465 e. The van der Waals surface area contributed by atoms with Gasteiger partial charge in [-0.15, -0.1) is 11.8 Å². The first-order valence-electron chi connectivity index (χ1n) is 11.7. The van der Waals surface area contributed by atoms with Crippen molar-refractivity contribution < 1.29 is 33.7 Å². The first kappa shape index (κ1) is 24.1. The number of amides is 1. The normalized spacial score (nSPS) is 37.7. The molecule has 0 saturated carbocycles. The Morgan fingerprint density at radius 3 is 2.57 bits per heavy atom. The monoisotopic (exact) mass is 502 g/mol. The van der Waals surface area contributed by atoms with Gasteiger partial charge in [0.05, 0.1) is 34.9 Å². The highest BCUT2D eigenvalue weighted by Crippen LogP contribution is 2.52. The second-order valence-corrected chi connectivity index (χ2v) is 11.0. The number of carboxylic acid groups (broad SMARTS) is 1. The SMILES string of the molecule is CSc1ccccc1N(C(=O)O)C1C(N(C)C)C2=CC(OC2=O)C2C(CC3(C)OC13)OC(=O)C2C. The van der Waals surface area contributed by atoms with Crippen molar-refractivity contribution in [3.63, 3.8) is 0 Å². The number of benzene rings is 1. The van der Waals surface area contributed by atoms with Gasteiger partial charge in [-0.2, -0.15) is 0 Å². The van der Waals surface area contributed by atoms with E-state index in [1.807, 2.05) is 44.3 Å². The van der Waals surface area contributed by atoms with Gasteiger partial charge in [-0.05, 0) is 45.5 Å². The molecule has 0 aromatic heterocycles. The zero-order valence-corrected chi connectivity index (χ0v) is 21.2. The smallest absolute Gasteiger partial charge is 0.412 e. The summed E-state index contributed by atoms with van der Waals surface area (Å²) in [5.74, 6) is -1.57. The Bertz CT molecular complexity index is 1110. The van der Waals surface area contributed by atoms with Gasteiger partial charge >= 0.3 is 18.0 Å². The van der Waals surface area contributed by atoms with Crippen LogP contribution in [0.25, 0.3) is 0 Å². The number of esters is 2. The number of carbonyl (C=O) groups is 3. The lowest BCUT2D eigenvalue weighted by Gasteiger charge is -2.39. The summed E-state index contributed by atoms with van der Waals surface area (Å²) in [4.78, 5) is 42.5. The Labute approximate surface area is 208 Å². The number of hydrogen-bond donors (Lipinski definition) is 1. The molecule has 5 rings (SSSR count). The summed E-state index contributed by atoms with van der Waals surface area (Å²) in [6.07, 6.45) is 1.27. The van der Waals surface area contributed by atoms with Crippen LogP contribution in [-0.4, -0.2) is 84.4 Å². The lowest BCUT2D eigenvalue weighted by Crippen LogP contribution is -2.57. The first-order chi connectivity index (χ1) is 16.6. The highest BCUT2D eigenvalue weighted by atomic mass is 32.2. The van der Waals surface area contributed by atoms with E-state index >= 15 is 0 Å². The van der Waals surface area contributed by atoms with Crippen molar-refractivity contribution in [1.82, 2.24) is 4.90 Å². The minimum atomic E-state index is -1.14. The second-order valence-electron chi connectivity index (χ2n) is 10.1. The summed E-state index contributed by atoms with van der Waals surface area (Å²) in [6, 6.07) is 5.93. The van der Waals surface area contributed by atoms with Gasteiger partial charge in [-0.1, -0.05) is 19.1 Å². The molecule has 4 aliphatic rings. The number of nitrogens with zero attached hydrogens (tertiary/aromatic N) is 2. The fraction of sp³-hybridized carbons (Fsp3) is 0.560. The number of anilines is 1. The van der Waals surface area contributed by atoms with E-state index in [9.17, 15) is 19.5 Å². The third-order valence-corrected chi connectivity index (χ3v) is 8.54. The van der Waals surface area contributed by atoms with Crippen LogP contribution in [0.2, 0.25) is 0 Å². The van der Waals surface area contributed by atoms with Crippen LogP contribution in [0.15, 0.2) is 40.8 Å². The van der Waals surface area contributed by atoms with Crippen molar-refractivity contribution in [3.8, 4) is 0 Å². The summed E-state index contributed by atoms with van der Waals surface area (Å²) in [7, 11) is 3.64. The third-order valence-electron chi connectivity index (χ3n) is 7.75. The number of rotatable bonds is 4. The molecule has 2 saturated heterocycles. The zero-order chi connectivity index (χ0) is 25.2. The van der Waals surface area contributed by atoms with Crippen LogP contribution in [0.3, 0.4) is 0 Å². The topological polar surface area (TPSA) is 109 Å². The number of para-hydroxylation sites is 1. The number of ether oxygens (including phenoxy) is 3. The van der Waals surface area contributed by atoms with Gasteiger partial charge in [0.2, 0.25) is 0 Å². The van der Waals surface area contributed by atoms with Crippen molar-refractivity contribution >= 4 is 35.5 Å². The quantitative estimate of drug-likeness (QED) is 0.378. The molecule has 1 amide bonds. The number of thioether (sulfide) groups is 1. The number of hydrogen-bond acceptors (Lipinski definition) is 8. The largest absolute Gasteiger partial charge is 0.465 e. The van der Waals surface area contributed by atoms with Crippen molar-refractivity contribution in [2.75, 3.05) is 25.3 Å². The van der Waals surface area contributed by atoms with Gasteiger partial charge in [0.1, 0.15) is 18.3 Å². The summed E-state index contributed by atoms with van der Waals surface area (Å²) in [5, 5.41) is 10.5. The molecule has 9 nitrogen and oxygen atoms in total. The molecule has 3 heterocycles. The minimum absolute atomic E-state index is 0.320. The summed E-state index contributed by atoms with van der Waals surface area (Å²) < 4.78 is 17.8. The Hall–Kier alpha value is -2.56. The average Bonchev–Trinajstić information content (AvgIpc) is 3.18. The van der Waals surface area contributed by atoms with Gasteiger partial charge in [-0.3, -0.25) is 9.69 Å². The van der Waals surface area contributed by atoms with Gasteiger partial charge in [0.15, 0.2) is 0 Å². The molecule has 1 aliphatic carbocycles. The number of carbonyl (C=O) groups excluding carboxylic acids is 2. The van der Waals surface area contributed by atoms with Crippen LogP contribution in [0, 0.1) is 11.8 Å². The summed E-state index contributed by atoms with van der Waals surface area (Å²) in [5.41, 5.74) is 0.179. The molecule has 35 heavy (non-hydrogen) atoms. The Morgan fingerprint density at radius 2 is 1.91 bits per heavy atom. The maximum Gasteiger partial charge on any atom is 0.412 e. The third kappa shape index (κ3) is 3.82. The van der Waals surface area contributed by atoms with Crippen LogP contribution >= 0.6 is 11.8 Å². The van der Waals surface area contributed by atoms with E-state index < -0.39 is 54.0 Å². The molecule has 2 fully saturated rings. The van der Waals surface area contributed by atoms with Crippen LogP contribution in [0.5, 0.6) is 0 Å². The van der Waals surface area contributed by atoms with Crippen molar-refractivity contribution in [3.05, 3.63) is 35.9 Å². The van der Waals surface area contributed by atoms with E-state index in [1.165, 1.54) is 16.7 Å². The van der Waals surface area contributed by atoms with E-state index in [2.05, 4.69) is 0 Å². The molecule has 8 unspecified atom stereocenters. The second kappa shape index (κ2) is 8.53. The van der Waals surface area contributed by atoms with Crippen LogP contribution in [0.4, 0.5) is 10.5 Å². The first-order valence-corrected chi connectivity index (χ1v) is 12.9. The van der Waals surface area contributed by atoms with Crippen molar-refractivity contribution in [1.29, 1.82) is 0 Å². The fourth-order valence-electron chi connectivity index (χ4n) is 6.05. The van der Waals surface area contributed by atoms with Crippen molar-refractivity contribution in [2.24, 2.45) is 11.8 Å². The van der Waals surface area contributed by atoms with Gasteiger partial charge in [0.25, 0.3) is 0 Å². The molecule has 1 aromatic carbocycles. The molecule has 188 valence electrons.